The summed E-state index contributed by atoms with van der Waals surface area (Å²) < 4.78 is 11.4. The van der Waals surface area contributed by atoms with Crippen LogP contribution in [0.1, 0.15) is 70.4 Å². The van der Waals surface area contributed by atoms with Gasteiger partial charge in [0.1, 0.15) is 6.04 Å². The highest BCUT2D eigenvalue weighted by molar-refractivity contribution is 6.36. The van der Waals surface area contributed by atoms with Gasteiger partial charge in [-0.1, -0.05) is 55.1 Å². The molecule has 2 aromatic rings. The van der Waals surface area contributed by atoms with Crippen molar-refractivity contribution in [1.82, 2.24) is 10.2 Å². The third-order valence-corrected chi connectivity index (χ3v) is 7.42. The van der Waals surface area contributed by atoms with E-state index in [0.29, 0.717) is 53.2 Å². The van der Waals surface area contributed by atoms with Crippen LogP contribution in [0.25, 0.3) is 0 Å². The number of carbonyl (C=O) groups is 2. The minimum absolute atomic E-state index is 0.120. The topological polar surface area (TPSA) is 67.9 Å². The van der Waals surface area contributed by atoms with Crippen molar-refractivity contribution in [1.29, 1.82) is 0 Å². The van der Waals surface area contributed by atoms with Crippen molar-refractivity contribution in [3.8, 4) is 11.5 Å². The zero-order chi connectivity index (χ0) is 26.8. The molecule has 8 heteroatoms. The van der Waals surface area contributed by atoms with E-state index >= 15 is 0 Å². The predicted molar refractivity (Wildman–Crippen MR) is 149 cm³/mol. The maximum absolute atomic E-state index is 13.7. The van der Waals surface area contributed by atoms with Gasteiger partial charge in [-0.2, -0.15) is 0 Å². The van der Waals surface area contributed by atoms with E-state index < -0.39 is 6.04 Å². The molecular formula is C29H38Cl2N2O4. The summed E-state index contributed by atoms with van der Waals surface area (Å²) >= 11 is 12.9. The second-order valence-corrected chi connectivity index (χ2v) is 10.1. The molecule has 3 rings (SSSR count). The lowest BCUT2D eigenvalue weighted by molar-refractivity contribution is -0.141. The maximum atomic E-state index is 13.7. The van der Waals surface area contributed by atoms with Crippen LogP contribution in [0.4, 0.5) is 0 Å². The predicted octanol–water partition coefficient (Wildman–Crippen LogP) is 6.59. The fourth-order valence-corrected chi connectivity index (χ4v) is 5.30. The Bertz CT molecular complexity index is 1040. The molecule has 6 nitrogen and oxygen atoms in total. The van der Waals surface area contributed by atoms with Crippen LogP contribution in [0.15, 0.2) is 36.4 Å². The molecule has 1 atom stereocenters. The first-order chi connectivity index (χ1) is 17.9. The normalized spacial score (nSPS) is 14.3. The van der Waals surface area contributed by atoms with Crippen molar-refractivity contribution in [3.05, 3.63) is 57.6 Å². The Morgan fingerprint density at radius 3 is 2.27 bits per heavy atom. The number of hydrogen-bond acceptors (Lipinski definition) is 4. The molecule has 0 aliphatic heterocycles. The van der Waals surface area contributed by atoms with Crippen molar-refractivity contribution in [3.63, 3.8) is 0 Å². The van der Waals surface area contributed by atoms with E-state index in [9.17, 15) is 9.59 Å². The molecule has 2 amide bonds. The molecule has 1 saturated carbocycles. The molecule has 202 valence electrons. The standard InChI is InChI=1S/C29H38Cl2N2O4/c1-4-25(29(35)32-21-10-7-8-11-21)33(19-22-23(30)12-9-13-24(22)31)28(34)17-15-20-14-16-26(36-5-2)27(18-20)37-6-3/h9,12-14,16,18,21,25H,4-8,10-11,15,17,19H2,1-3H3,(H,32,35)/t25-/m1/s1. The number of nitrogens with one attached hydrogen (secondary N) is 1. The zero-order valence-electron chi connectivity index (χ0n) is 22.0. The van der Waals surface area contributed by atoms with Crippen LogP contribution in [-0.4, -0.2) is 42.0 Å². The number of carbonyl (C=O) groups excluding carboxylic acids is 2. The van der Waals surface area contributed by atoms with Crippen molar-refractivity contribution in [2.75, 3.05) is 13.2 Å². The Morgan fingerprint density at radius 1 is 1.00 bits per heavy atom. The van der Waals surface area contributed by atoms with E-state index in [4.69, 9.17) is 32.7 Å². The van der Waals surface area contributed by atoms with Gasteiger partial charge in [-0.05, 0) is 69.4 Å². The minimum atomic E-state index is -0.611. The summed E-state index contributed by atoms with van der Waals surface area (Å²) in [6.07, 6.45) is 5.41. The molecule has 0 unspecified atom stereocenters. The number of nitrogens with zero attached hydrogens (tertiary/aromatic N) is 1. The fourth-order valence-electron chi connectivity index (χ4n) is 4.79. The molecule has 1 aliphatic rings. The summed E-state index contributed by atoms with van der Waals surface area (Å²) in [4.78, 5) is 28.6. The molecule has 37 heavy (non-hydrogen) atoms. The highest BCUT2D eigenvalue weighted by Gasteiger charge is 2.31. The first kappa shape index (κ1) is 29.1. The van der Waals surface area contributed by atoms with E-state index in [1.54, 1.807) is 23.1 Å². The minimum Gasteiger partial charge on any atom is -0.490 e. The van der Waals surface area contributed by atoms with E-state index in [0.717, 1.165) is 31.2 Å². The van der Waals surface area contributed by atoms with Gasteiger partial charge in [0.2, 0.25) is 11.8 Å². The summed E-state index contributed by atoms with van der Waals surface area (Å²) in [5, 5.41) is 4.12. The van der Waals surface area contributed by atoms with E-state index in [2.05, 4.69) is 5.32 Å². The van der Waals surface area contributed by atoms with Gasteiger partial charge in [-0.15, -0.1) is 0 Å². The first-order valence-corrected chi connectivity index (χ1v) is 14.0. The van der Waals surface area contributed by atoms with Gasteiger partial charge in [0.05, 0.1) is 13.2 Å². The monoisotopic (exact) mass is 548 g/mol. The summed E-state index contributed by atoms with van der Waals surface area (Å²) in [6, 6.07) is 10.6. The van der Waals surface area contributed by atoms with Gasteiger partial charge in [-0.25, -0.2) is 0 Å². The van der Waals surface area contributed by atoms with Crippen molar-refractivity contribution >= 4 is 35.0 Å². The van der Waals surface area contributed by atoms with Gasteiger partial charge in [-0.3, -0.25) is 9.59 Å². The molecule has 2 aromatic carbocycles. The number of ether oxygens (including phenoxy) is 2. The number of benzene rings is 2. The van der Waals surface area contributed by atoms with Crippen molar-refractivity contribution < 1.29 is 19.1 Å². The number of hydrogen-bond donors (Lipinski definition) is 1. The molecule has 1 fully saturated rings. The molecule has 1 N–H and O–H groups in total. The molecule has 0 aromatic heterocycles. The SMILES string of the molecule is CCOc1ccc(CCC(=O)N(Cc2c(Cl)cccc2Cl)[C@H](CC)C(=O)NC2CCCC2)cc1OCC. The largest absolute Gasteiger partial charge is 0.490 e. The molecule has 0 saturated heterocycles. The molecule has 0 spiro atoms. The van der Waals surface area contributed by atoms with E-state index in [1.807, 2.05) is 39.0 Å². The third-order valence-electron chi connectivity index (χ3n) is 6.71. The van der Waals surface area contributed by atoms with Gasteiger partial charge >= 0.3 is 0 Å². The molecule has 0 heterocycles. The quantitative estimate of drug-likeness (QED) is 0.306. The molecule has 0 radical (unpaired) electrons. The summed E-state index contributed by atoms with van der Waals surface area (Å²) in [5.41, 5.74) is 1.60. The lowest BCUT2D eigenvalue weighted by atomic mass is 10.0. The van der Waals surface area contributed by atoms with Crippen LogP contribution in [0.2, 0.25) is 10.0 Å². The molecule has 1 aliphatic carbocycles. The highest BCUT2D eigenvalue weighted by Crippen LogP contribution is 2.30. The Kier molecular flexibility index (Phi) is 11.4. The van der Waals surface area contributed by atoms with Crippen LogP contribution in [0, 0.1) is 0 Å². The molecular weight excluding hydrogens is 511 g/mol. The first-order valence-electron chi connectivity index (χ1n) is 13.3. The Labute approximate surface area is 230 Å². The van der Waals surface area contributed by atoms with Gasteiger partial charge < -0.3 is 19.7 Å². The number of aryl methyl sites for hydroxylation is 1. The summed E-state index contributed by atoms with van der Waals surface area (Å²) in [6.45, 7) is 7.00. The number of halogens is 2. The van der Waals surface area contributed by atoms with Gasteiger partial charge in [0.25, 0.3) is 0 Å². The van der Waals surface area contributed by atoms with Crippen molar-refractivity contribution in [2.45, 2.75) is 84.3 Å². The Morgan fingerprint density at radius 2 is 1.65 bits per heavy atom. The highest BCUT2D eigenvalue weighted by atomic mass is 35.5. The van der Waals surface area contributed by atoms with Gasteiger partial charge in [0, 0.05) is 34.6 Å². The lowest BCUT2D eigenvalue weighted by Gasteiger charge is -2.32. The average Bonchev–Trinajstić information content (AvgIpc) is 3.39. The van der Waals surface area contributed by atoms with Crippen LogP contribution in [0.5, 0.6) is 11.5 Å². The smallest absolute Gasteiger partial charge is 0.243 e. The second-order valence-electron chi connectivity index (χ2n) is 9.28. The van der Waals surface area contributed by atoms with Gasteiger partial charge in [0.15, 0.2) is 11.5 Å². The molecule has 0 bridgehead atoms. The Balaban J connectivity index is 1.81. The zero-order valence-corrected chi connectivity index (χ0v) is 23.5. The van der Waals surface area contributed by atoms with Crippen molar-refractivity contribution in [2.24, 2.45) is 0 Å². The number of rotatable bonds is 13. The average molecular weight is 550 g/mol. The van der Waals surface area contributed by atoms with E-state index in [-0.39, 0.29) is 30.8 Å². The summed E-state index contributed by atoms with van der Waals surface area (Å²) in [7, 11) is 0. The van der Waals surface area contributed by atoms with Crippen LogP contribution < -0.4 is 14.8 Å². The third kappa shape index (κ3) is 8.02. The Hall–Kier alpha value is -2.44. The fraction of sp³-hybridized carbons (Fsp3) is 0.517. The van der Waals surface area contributed by atoms with Crippen LogP contribution in [-0.2, 0) is 22.6 Å². The lowest BCUT2D eigenvalue weighted by Crippen LogP contribution is -2.51. The van der Waals surface area contributed by atoms with Crippen LogP contribution in [0.3, 0.4) is 0 Å². The second kappa shape index (κ2) is 14.5. The number of amides is 2. The van der Waals surface area contributed by atoms with E-state index in [1.165, 1.54) is 0 Å². The summed E-state index contributed by atoms with van der Waals surface area (Å²) in [5.74, 6) is 1.10. The van der Waals surface area contributed by atoms with Crippen LogP contribution >= 0.6 is 23.2 Å². The maximum Gasteiger partial charge on any atom is 0.243 e.